The van der Waals surface area contributed by atoms with E-state index in [1.165, 1.54) is 6.39 Å². The van der Waals surface area contributed by atoms with Gasteiger partial charge in [-0.1, -0.05) is 56.0 Å². The predicted molar refractivity (Wildman–Crippen MR) is 105 cm³/mol. The molecule has 0 bridgehead atoms. The Balaban J connectivity index is 1.79. The summed E-state index contributed by atoms with van der Waals surface area (Å²) in [5, 5.41) is 2.99. The SMILES string of the molecule is C[Si](C)(C)CCOC(=O)NC(c1ccccc1)c1ccc2ocnc2c1. The van der Waals surface area contributed by atoms with Crippen LogP contribution in [0.3, 0.4) is 0 Å². The highest BCUT2D eigenvalue weighted by molar-refractivity contribution is 6.76. The van der Waals surface area contributed by atoms with Gasteiger partial charge in [-0.15, -0.1) is 0 Å². The summed E-state index contributed by atoms with van der Waals surface area (Å²) in [5.41, 5.74) is 3.40. The fourth-order valence-electron chi connectivity index (χ4n) is 2.67. The van der Waals surface area contributed by atoms with E-state index in [1.54, 1.807) is 0 Å². The number of nitrogens with one attached hydrogen (secondary N) is 1. The minimum atomic E-state index is -1.24. The van der Waals surface area contributed by atoms with Gasteiger partial charge in [-0.25, -0.2) is 9.78 Å². The van der Waals surface area contributed by atoms with Crippen molar-refractivity contribution in [2.75, 3.05) is 6.61 Å². The number of fused-ring (bicyclic) bond motifs is 1. The normalized spacial score (nSPS) is 12.7. The van der Waals surface area contributed by atoms with Crippen LogP contribution in [-0.4, -0.2) is 25.8 Å². The fraction of sp³-hybridized carbons (Fsp3) is 0.300. The van der Waals surface area contributed by atoms with Gasteiger partial charge >= 0.3 is 6.09 Å². The average Bonchev–Trinajstić information content (AvgIpc) is 3.07. The molecule has 0 fully saturated rings. The van der Waals surface area contributed by atoms with E-state index in [-0.39, 0.29) is 6.04 Å². The van der Waals surface area contributed by atoms with Gasteiger partial charge in [0.05, 0.1) is 12.6 Å². The minimum absolute atomic E-state index is 0.309. The molecule has 26 heavy (non-hydrogen) atoms. The maximum Gasteiger partial charge on any atom is 0.407 e. The summed E-state index contributed by atoms with van der Waals surface area (Å²) >= 11 is 0. The molecule has 1 aromatic heterocycles. The van der Waals surface area contributed by atoms with Crippen LogP contribution in [0.1, 0.15) is 17.2 Å². The number of oxazole rings is 1. The molecule has 0 saturated heterocycles. The topological polar surface area (TPSA) is 64.4 Å². The van der Waals surface area contributed by atoms with Crippen LogP contribution in [0.2, 0.25) is 25.7 Å². The minimum Gasteiger partial charge on any atom is -0.450 e. The van der Waals surface area contributed by atoms with Gasteiger partial charge in [-0.3, -0.25) is 0 Å². The average molecular weight is 369 g/mol. The molecule has 1 unspecified atom stereocenters. The monoisotopic (exact) mass is 368 g/mol. The molecule has 1 atom stereocenters. The molecule has 0 aliphatic carbocycles. The quantitative estimate of drug-likeness (QED) is 0.623. The van der Waals surface area contributed by atoms with Gasteiger partial charge in [0.15, 0.2) is 12.0 Å². The van der Waals surface area contributed by atoms with Gasteiger partial charge in [0, 0.05) is 8.07 Å². The number of benzene rings is 2. The third-order valence-electron chi connectivity index (χ3n) is 4.17. The number of carbonyl (C=O) groups excluding carboxylic acids is 1. The summed E-state index contributed by atoms with van der Waals surface area (Å²) < 4.78 is 10.7. The molecule has 136 valence electrons. The van der Waals surface area contributed by atoms with Crippen LogP contribution in [-0.2, 0) is 4.74 Å². The molecular weight excluding hydrogens is 344 g/mol. The Morgan fingerprint density at radius 3 is 2.65 bits per heavy atom. The third-order valence-corrected chi connectivity index (χ3v) is 5.87. The molecule has 1 amide bonds. The second-order valence-corrected chi connectivity index (χ2v) is 13.1. The zero-order valence-corrected chi connectivity index (χ0v) is 16.4. The van der Waals surface area contributed by atoms with Crippen molar-refractivity contribution in [3.63, 3.8) is 0 Å². The Morgan fingerprint density at radius 1 is 1.15 bits per heavy atom. The highest BCUT2D eigenvalue weighted by Crippen LogP contribution is 2.25. The molecule has 6 heteroatoms. The lowest BCUT2D eigenvalue weighted by Crippen LogP contribution is -2.31. The molecule has 1 heterocycles. The van der Waals surface area contributed by atoms with Crippen molar-refractivity contribution in [1.29, 1.82) is 0 Å². The van der Waals surface area contributed by atoms with Crippen molar-refractivity contribution in [3.05, 3.63) is 66.1 Å². The second kappa shape index (κ2) is 7.74. The lowest BCUT2D eigenvalue weighted by Gasteiger charge is -2.21. The maximum atomic E-state index is 12.3. The van der Waals surface area contributed by atoms with Crippen LogP contribution in [0.5, 0.6) is 0 Å². The van der Waals surface area contributed by atoms with Crippen LogP contribution in [0.25, 0.3) is 11.1 Å². The smallest absolute Gasteiger partial charge is 0.407 e. The Hall–Kier alpha value is -2.60. The van der Waals surface area contributed by atoms with Crippen molar-refractivity contribution in [2.45, 2.75) is 31.7 Å². The molecule has 0 radical (unpaired) electrons. The number of nitrogens with zero attached hydrogens (tertiary/aromatic N) is 1. The number of carbonyl (C=O) groups is 1. The predicted octanol–water partition coefficient (Wildman–Crippen LogP) is 4.98. The molecule has 0 spiro atoms. The zero-order chi connectivity index (χ0) is 18.6. The number of hydrogen-bond acceptors (Lipinski definition) is 4. The van der Waals surface area contributed by atoms with Crippen molar-refractivity contribution in [2.24, 2.45) is 0 Å². The summed E-state index contributed by atoms with van der Waals surface area (Å²) in [7, 11) is -1.24. The van der Waals surface area contributed by atoms with E-state index in [9.17, 15) is 4.79 Å². The number of alkyl carbamates (subject to hydrolysis) is 1. The Bertz CT molecular complexity index is 871. The molecule has 5 nitrogen and oxygen atoms in total. The summed E-state index contributed by atoms with van der Waals surface area (Å²) in [5.74, 6) is 0. The Kier molecular flexibility index (Phi) is 5.42. The van der Waals surface area contributed by atoms with Crippen LogP contribution < -0.4 is 5.32 Å². The molecule has 3 aromatic rings. The molecule has 3 rings (SSSR count). The molecule has 1 N–H and O–H groups in total. The summed E-state index contributed by atoms with van der Waals surface area (Å²) in [4.78, 5) is 16.6. The van der Waals surface area contributed by atoms with E-state index in [4.69, 9.17) is 9.15 Å². The van der Waals surface area contributed by atoms with E-state index >= 15 is 0 Å². The van der Waals surface area contributed by atoms with Crippen molar-refractivity contribution >= 4 is 25.3 Å². The van der Waals surface area contributed by atoms with Gasteiger partial charge in [-0.05, 0) is 29.3 Å². The first kappa shape index (κ1) is 18.2. The first-order valence-corrected chi connectivity index (χ1v) is 12.4. The highest BCUT2D eigenvalue weighted by atomic mass is 28.3. The molecule has 2 aromatic carbocycles. The van der Waals surface area contributed by atoms with E-state index in [2.05, 4.69) is 29.9 Å². The Morgan fingerprint density at radius 2 is 1.92 bits per heavy atom. The zero-order valence-electron chi connectivity index (χ0n) is 15.4. The molecule has 0 aliphatic heterocycles. The van der Waals surface area contributed by atoms with E-state index in [1.807, 2.05) is 48.5 Å². The largest absolute Gasteiger partial charge is 0.450 e. The number of rotatable bonds is 6. The van der Waals surface area contributed by atoms with Crippen LogP contribution in [0, 0.1) is 0 Å². The number of aromatic nitrogens is 1. The van der Waals surface area contributed by atoms with E-state index < -0.39 is 14.2 Å². The van der Waals surface area contributed by atoms with Gasteiger partial charge in [0.1, 0.15) is 5.52 Å². The van der Waals surface area contributed by atoms with Crippen molar-refractivity contribution < 1.29 is 13.9 Å². The van der Waals surface area contributed by atoms with Gasteiger partial charge in [0.2, 0.25) is 0 Å². The number of amides is 1. The fourth-order valence-corrected chi connectivity index (χ4v) is 3.38. The summed E-state index contributed by atoms with van der Waals surface area (Å²) in [6.45, 7) is 7.22. The highest BCUT2D eigenvalue weighted by Gasteiger charge is 2.19. The van der Waals surface area contributed by atoms with Crippen LogP contribution >= 0.6 is 0 Å². The Labute approximate surface area is 154 Å². The summed E-state index contributed by atoms with van der Waals surface area (Å²) in [6.07, 6.45) is 1.02. The third kappa shape index (κ3) is 4.73. The maximum absolute atomic E-state index is 12.3. The number of hydrogen-bond donors (Lipinski definition) is 1. The van der Waals surface area contributed by atoms with Crippen molar-refractivity contribution in [3.8, 4) is 0 Å². The molecule has 0 aliphatic rings. The lowest BCUT2D eigenvalue weighted by molar-refractivity contribution is 0.149. The van der Waals surface area contributed by atoms with Gasteiger partial charge in [0.25, 0.3) is 0 Å². The van der Waals surface area contributed by atoms with E-state index in [0.29, 0.717) is 6.61 Å². The lowest BCUT2D eigenvalue weighted by atomic mass is 9.98. The molecular formula is C20H24N2O3Si. The second-order valence-electron chi connectivity index (χ2n) is 7.51. The summed E-state index contributed by atoms with van der Waals surface area (Å²) in [6, 6.07) is 16.2. The standard InChI is InChI=1S/C20H24N2O3Si/c1-26(2,3)12-11-24-20(23)22-19(15-7-5-4-6-8-15)16-9-10-18-17(13-16)21-14-25-18/h4-10,13-14,19H,11-12H2,1-3H3,(H,22,23). The van der Waals surface area contributed by atoms with Crippen LogP contribution in [0.4, 0.5) is 4.79 Å². The first-order valence-electron chi connectivity index (χ1n) is 8.74. The van der Waals surface area contributed by atoms with Gasteiger partial charge < -0.3 is 14.5 Å². The van der Waals surface area contributed by atoms with Crippen LogP contribution in [0.15, 0.2) is 59.3 Å². The molecule has 0 saturated carbocycles. The first-order chi connectivity index (χ1) is 12.4. The van der Waals surface area contributed by atoms with Crippen molar-refractivity contribution in [1.82, 2.24) is 10.3 Å². The van der Waals surface area contributed by atoms with E-state index in [0.717, 1.165) is 28.3 Å². The number of ether oxygens (including phenoxy) is 1. The van der Waals surface area contributed by atoms with Gasteiger partial charge in [-0.2, -0.15) is 0 Å².